The number of benzene rings is 2. The molecule has 0 aliphatic carbocycles. The van der Waals surface area contributed by atoms with E-state index in [-0.39, 0.29) is 5.91 Å². The average molecular weight is 409 g/mol. The van der Waals surface area contributed by atoms with E-state index in [0.29, 0.717) is 23.6 Å². The highest BCUT2D eigenvalue weighted by atomic mass is 16.5. The molecule has 2 aromatic carbocycles. The van der Waals surface area contributed by atoms with E-state index in [9.17, 15) is 4.79 Å². The lowest BCUT2D eigenvalue weighted by atomic mass is 10.1. The Balaban J connectivity index is 1.25. The van der Waals surface area contributed by atoms with Crippen molar-refractivity contribution in [1.82, 2.24) is 19.2 Å². The van der Waals surface area contributed by atoms with Gasteiger partial charge in [-0.2, -0.15) is 5.10 Å². The second-order valence-corrected chi connectivity index (χ2v) is 6.93. The number of carbonyl (C=O) groups is 1. The molecule has 0 aliphatic rings. The summed E-state index contributed by atoms with van der Waals surface area (Å²) in [5.74, 6) is 0.497. The van der Waals surface area contributed by atoms with Crippen molar-refractivity contribution in [2.24, 2.45) is 0 Å². The van der Waals surface area contributed by atoms with E-state index < -0.39 is 0 Å². The van der Waals surface area contributed by atoms with Gasteiger partial charge in [-0.15, -0.1) is 0 Å². The van der Waals surface area contributed by atoms with Crippen LogP contribution in [0.15, 0.2) is 97.6 Å². The van der Waals surface area contributed by atoms with Gasteiger partial charge in [0.25, 0.3) is 5.91 Å². The maximum absolute atomic E-state index is 12.8. The number of nitrogens with zero attached hydrogens (tertiary/aromatic N) is 4. The van der Waals surface area contributed by atoms with Gasteiger partial charge in [-0.1, -0.05) is 18.2 Å². The quantitative estimate of drug-likeness (QED) is 0.452. The molecule has 7 heteroatoms. The summed E-state index contributed by atoms with van der Waals surface area (Å²) in [7, 11) is 0. The van der Waals surface area contributed by atoms with Crippen LogP contribution in [-0.2, 0) is 6.61 Å². The second-order valence-electron chi connectivity index (χ2n) is 6.93. The predicted octanol–water partition coefficient (Wildman–Crippen LogP) is 4.35. The number of ether oxygens (including phenoxy) is 1. The van der Waals surface area contributed by atoms with E-state index in [1.54, 1.807) is 23.1 Å². The molecule has 31 heavy (non-hydrogen) atoms. The number of hydrogen-bond acceptors (Lipinski definition) is 4. The van der Waals surface area contributed by atoms with Gasteiger partial charge >= 0.3 is 0 Å². The maximum Gasteiger partial charge on any atom is 0.257 e. The van der Waals surface area contributed by atoms with Crippen LogP contribution in [0.1, 0.15) is 16.1 Å². The van der Waals surface area contributed by atoms with Gasteiger partial charge in [0.15, 0.2) is 0 Å². The SMILES string of the molecule is O=C(Nc1ccc(OCc2cn3ccccc3n2)cc1)c1ccccc1-n1cccn1. The Hall–Kier alpha value is -4.39. The molecule has 0 atom stereocenters. The van der Waals surface area contributed by atoms with Crippen LogP contribution < -0.4 is 10.1 Å². The molecule has 3 heterocycles. The fourth-order valence-electron chi connectivity index (χ4n) is 3.32. The number of para-hydroxylation sites is 1. The molecule has 0 bridgehead atoms. The van der Waals surface area contributed by atoms with Crippen molar-refractivity contribution in [1.29, 1.82) is 0 Å². The van der Waals surface area contributed by atoms with Gasteiger partial charge in [0, 0.05) is 30.5 Å². The van der Waals surface area contributed by atoms with E-state index in [1.165, 1.54) is 0 Å². The van der Waals surface area contributed by atoms with Crippen LogP contribution in [0.25, 0.3) is 11.3 Å². The highest BCUT2D eigenvalue weighted by Gasteiger charge is 2.13. The van der Waals surface area contributed by atoms with Gasteiger partial charge in [0.05, 0.1) is 16.9 Å². The summed E-state index contributed by atoms with van der Waals surface area (Å²) in [4.78, 5) is 17.3. The van der Waals surface area contributed by atoms with Crippen LogP contribution in [0, 0.1) is 0 Å². The Morgan fingerprint density at radius 3 is 2.58 bits per heavy atom. The van der Waals surface area contributed by atoms with Crippen molar-refractivity contribution >= 4 is 17.2 Å². The van der Waals surface area contributed by atoms with Crippen LogP contribution >= 0.6 is 0 Å². The Morgan fingerprint density at radius 1 is 0.935 bits per heavy atom. The number of hydrogen-bond donors (Lipinski definition) is 1. The lowest BCUT2D eigenvalue weighted by Crippen LogP contribution is -2.15. The fourth-order valence-corrected chi connectivity index (χ4v) is 3.32. The molecule has 0 radical (unpaired) electrons. The average Bonchev–Trinajstić information content (AvgIpc) is 3.48. The molecule has 152 valence electrons. The number of imidazole rings is 1. The third kappa shape index (κ3) is 4.02. The fraction of sp³-hybridized carbons (Fsp3) is 0.0417. The number of anilines is 1. The summed E-state index contributed by atoms with van der Waals surface area (Å²) >= 11 is 0. The van der Waals surface area contributed by atoms with Gasteiger partial charge in [-0.25, -0.2) is 9.67 Å². The van der Waals surface area contributed by atoms with Crippen molar-refractivity contribution in [2.45, 2.75) is 6.61 Å². The Bertz CT molecular complexity index is 1290. The van der Waals surface area contributed by atoms with Crippen LogP contribution in [0.4, 0.5) is 5.69 Å². The third-order valence-corrected chi connectivity index (χ3v) is 4.81. The first kappa shape index (κ1) is 18.6. The van der Waals surface area contributed by atoms with Crippen LogP contribution in [-0.4, -0.2) is 25.1 Å². The summed E-state index contributed by atoms with van der Waals surface area (Å²) < 4.78 is 9.46. The van der Waals surface area contributed by atoms with Gasteiger partial charge < -0.3 is 14.5 Å². The summed E-state index contributed by atoms with van der Waals surface area (Å²) in [6, 6.07) is 22.3. The lowest BCUT2D eigenvalue weighted by Gasteiger charge is -2.11. The molecule has 0 fully saturated rings. The molecule has 0 spiro atoms. The molecule has 3 aromatic heterocycles. The zero-order valence-corrected chi connectivity index (χ0v) is 16.6. The smallest absolute Gasteiger partial charge is 0.257 e. The second kappa shape index (κ2) is 8.16. The summed E-state index contributed by atoms with van der Waals surface area (Å²) in [5.41, 5.74) is 3.67. The van der Waals surface area contributed by atoms with E-state index in [4.69, 9.17) is 4.74 Å². The number of nitrogens with one attached hydrogen (secondary N) is 1. The standard InChI is InChI=1S/C24H19N5O2/c30-24(21-6-1-2-7-22(21)29-15-5-13-25-29)27-18-9-11-20(12-10-18)31-17-19-16-28-14-4-3-8-23(28)26-19/h1-16H,17H2,(H,27,30). The number of carbonyl (C=O) groups excluding carboxylic acids is 1. The summed E-state index contributed by atoms with van der Waals surface area (Å²) in [5, 5.41) is 7.15. The molecule has 1 amide bonds. The monoisotopic (exact) mass is 409 g/mol. The minimum Gasteiger partial charge on any atom is -0.487 e. The lowest BCUT2D eigenvalue weighted by molar-refractivity contribution is 0.102. The molecule has 0 saturated heterocycles. The Labute approximate surface area is 178 Å². The number of rotatable bonds is 6. The number of fused-ring (bicyclic) bond motifs is 1. The first-order valence-corrected chi connectivity index (χ1v) is 9.82. The van der Waals surface area contributed by atoms with Crippen molar-refractivity contribution < 1.29 is 9.53 Å². The van der Waals surface area contributed by atoms with Gasteiger partial charge in [-0.3, -0.25) is 4.79 Å². The van der Waals surface area contributed by atoms with Crippen LogP contribution in [0.3, 0.4) is 0 Å². The topological polar surface area (TPSA) is 73.4 Å². The van der Waals surface area contributed by atoms with Crippen LogP contribution in [0.2, 0.25) is 0 Å². The molecular weight excluding hydrogens is 390 g/mol. The number of aromatic nitrogens is 4. The Morgan fingerprint density at radius 2 is 1.77 bits per heavy atom. The predicted molar refractivity (Wildman–Crippen MR) is 117 cm³/mol. The third-order valence-electron chi connectivity index (χ3n) is 4.81. The normalized spacial score (nSPS) is 10.8. The van der Waals surface area contributed by atoms with Gasteiger partial charge in [0.1, 0.15) is 18.0 Å². The van der Waals surface area contributed by atoms with Crippen molar-refractivity contribution in [3.8, 4) is 11.4 Å². The minimum absolute atomic E-state index is 0.204. The molecule has 0 saturated carbocycles. The van der Waals surface area contributed by atoms with E-state index >= 15 is 0 Å². The molecule has 7 nitrogen and oxygen atoms in total. The number of amides is 1. The summed E-state index contributed by atoms with van der Waals surface area (Å²) in [6.07, 6.45) is 7.38. The molecule has 0 aliphatic heterocycles. The summed E-state index contributed by atoms with van der Waals surface area (Å²) in [6.45, 7) is 0.366. The Kier molecular flexibility index (Phi) is 4.90. The molecule has 5 rings (SSSR count). The minimum atomic E-state index is -0.204. The molecular formula is C24H19N5O2. The zero-order chi connectivity index (χ0) is 21.0. The van der Waals surface area contributed by atoms with E-state index in [2.05, 4.69) is 15.4 Å². The largest absolute Gasteiger partial charge is 0.487 e. The van der Waals surface area contributed by atoms with E-state index in [0.717, 1.165) is 17.0 Å². The molecule has 5 aromatic rings. The van der Waals surface area contributed by atoms with Crippen LogP contribution in [0.5, 0.6) is 5.75 Å². The first-order valence-electron chi connectivity index (χ1n) is 9.82. The van der Waals surface area contributed by atoms with Crippen molar-refractivity contribution in [3.63, 3.8) is 0 Å². The van der Waals surface area contributed by atoms with Gasteiger partial charge in [0.2, 0.25) is 0 Å². The first-order chi connectivity index (χ1) is 15.3. The molecule has 1 N–H and O–H groups in total. The maximum atomic E-state index is 12.8. The number of pyridine rings is 1. The van der Waals surface area contributed by atoms with E-state index in [1.807, 2.05) is 83.5 Å². The highest BCUT2D eigenvalue weighted by molar-refractivity contribution is 6.06. The highest BCUT2D eigenvalue weighted by Crippen LogP contribution is 2.20. The van der Waals surface area contributed by atoms with Gasteiger partial charge in [-0.05, 0) is 54.6 Å². The van der Waals surface area contributed by atoms with Crippen molar-refractivity contribution in [3.05, 3.63) is 109 Å². The zero-order valence-electron chi connectivity index (χ0n) is 16.6. The van der Waals surface area contributed by atoms with Crippen molar-refractivity contribution in [2.75, 3.05) is 5.32 Å². The molecule has 0 unspecified atom stereocenters.